The Hall–Kier alpha value is -0.430. The molecule has 1 heterocycles. The number of nitrogens with zero attached hydrogens (tertiary/aromatic N) is 3. The Morgan fingerprint density at radius 2 is 2.24 bits per heavy atom. The van der Waals surface area contributed by atoms with Gasteiger partial charge in [-0.3, -0.25) is 0 Å². The van der Waals surface area contributed by atoms with Gasteiger partial charge in [-0.25, -0.2) is 4.98 Å². The van der Waals surface area contributed by atoms with E-state index in [-0.39, 0.29) is 5.28 Å². The lowest BCUT2D eigenvalue weighted by molar-refractivity contribution is 0.126. The maximum Gasteiger partial charge on any atom is 0.224 e. The van der Waals surface area contributed by atoms with Crippen LogP contribution in [0, 0.1) is 0 Å². The van der Waals surface area contributed by atoms with E-state index in [0.717, 1.165) is 17.6 Å². The summed E-state index contributed by atoms with van der Waals surface area (Å²) in [7, 11) is 4.03. The maximum atomic E-state index is 5.69. The van der Waals surface area contributed by atoms with Crippen molar-refractivity contribution in [1.82, 2.24) is 14.9 Å². The van der Waals surface area contributed by atoms with Crippen LogP contribution in [0.4, 0.5) is 5.82 Å². The van der Waals surface area contributed by atoms with E-state index >= 15 is 0 Å². The molecule has 0 radical (unpaired) electrons. The van der Waals surface area contributed by atoms with Crippen molar-refractivity contribution in [3.8, 4) is 0 Å². The van der Waals surface area contributed by atoms with Crippen LogP contribution in [0.2, 0.25) is 5.28 Å². The molecule has 0 saturated heterocycles. The summed E-state index contributed by atoms with van der Waals surface area (Å²) >= 11 is 9.03. The van der Waals surface area contributed by atoms with Gasteiger partial charge in [0, 0.05) is 19.3 Å². The number of hydrogen-bond donors (Lipinski definition) is 1. The molecule has 1 aromatic heterocycles. The van der Waals surface area contributed by atoms with Gasteiger partial charge >= 0.3 is 0 Å². The lowest BCUT2D eigenvalue weighted by atomic mass is 10.5. The summed E-state index contributed by atoms with van der Waals surface area (Å²) in [6.45, 7) is 2.95. The van der Waals surface area contributed by atoms with Gasteiger partial charge in [0.2, 0.25) is 5.28 Å². The highest BCUT2D eigenvalue weighted by atomic mass is 79.9. The molecule has 1 rings (SSSR count). The summed E-state index contributed by atoms with van der Waals surface area (Å²) < 4.78 is 6.23. The quantitative estimate of drug-likeness (QED) is 0.613. The van der Waals surface area contributed by atoms with Gasteiger partial charge in [-0.15, -0.1) is 0 Å². The molecule has 0 aromatic carbocycles. The third kappa shape index (κ3) is 6.16. The third-order valence-corrected chi connectivity index (χ3v) is 2.70. The predicted octanol–water partition coefficient (Wildman–Crippen LogP) is 1.88. The molecule has 1 aromatic rings. The second-order valence-corrected chi connectivity index (χ2v) is 4.87. The summed E-state index contributed by atoms with van der Waals surface area (Å²) in [4.78, 5) is 9.98. The van der Waals surface area contributed by atoms with Crippen LogP contribution in [0.5, 0.6) is 0 Å². The first-order chi connectivity index (χ1) is 8.09. The molecule has 0 fully saturated rings. The van der Waals surface area contributed by atoms with E-state index in [1.54, 1.807) is 6.20 Å². The minimum absolute atomic E-state index is 0.226. The third-order valence-electron chi connectivity index (χ3n) is 1.94. The van der Waals surface area contributed by atoms with Gasteiger partial charge in [0.1, 0.15) is 5.82 Å². The minimum atomic E-state index is 0.226. The minimum Gasteiger partial charge on any atom is -0.378 e. The van der Waals surface area contributed by atoms with Crippen molar-refractivity contribution in [1.29, 1.82) is 0 Å². The molecule has 0 aliphatic carbocycles. The fourth-order valence-corrected chi connectivity index (χ4v) is 1.52. The molecule has 0 unspecified atom stereocenters. The number of halogens is 2. The van der Waals surface area contributed by atoms with Crippen LogP contribution in [0.15, 0.2) is 10.7 Å². The first-order valence-corrected chi connectivity index (χ1v) is 6.41. The van der Waals surface area contributed by atoms with Crippen molar-refractivity contribution in [3.63, 3.8) is 0 Å². The molecule has 1 N–H and O–H groups in total. The molecule has 0 amide bonds. The van der Waals surface area contributed by atoms with Gasteiger partial charge in [-0.05, 0) is 41.6 Å². The van der Waals surface area contributed by atoms with Gasteiger partial charge in [-0.1, -0.05) is 0 Å². The monoisotopic (exact) mass is 322 g/mol. The van der Waals surface area contributed by atoms with Crippen LogP contribution in [0.25, 0.3) is 0 Å². The average Bonchev–Trinajstić information content (AvgIpc) is 2.27. The Morgan fingerprint density at radius 1 is 1.47 bits per heavy atom. The number of nitrogens with one attached hydrogen (secondary N) is 1. The Kier molecular flexibility index (Phi) is 6.72. The van der Waals surface area contributed by atoms with Crippen LogP contribution >= 0.6 is 27.5 Å². The van der Waals surface area contributed by atoms with Gasteiger partial charge < -0.3 is 15.0 Å². The molecule has 0 bridgehead atoms. The number of hydrogen-bond acceptors (Lipinski definition) is 5. The van der Waals surface area contributed by atoms with Crippen LogP contribution in [-0.2, 0) is 4.74 Å². The highest BCUT2D eigenvalue weighted by Gasteiger charge is 2.02. The SMILES string of the molecule is CN(C)CCOCCNc1nc(Cl)ncc1Br. The second-order valence-electron chi connectivity index (χ2n) is 3.68. The van der Waals surface area contributed by atoms with E-state index in [2.05, 4.69) is 36.1 Å². The van der Waals surface area contributed by atoms with E-state index in [1.807, 2.05) is 14.1 Å². The predicted molar refractivity (Wildman–Crippen MR) is 72.6 cm³/mol. The van der Waals surface area contributed by atoms with E-state index in [0.29, 0.717) is 19.0 Å². The summed E-state index contributed by atoms with van der Waals surface area (Å²) in [5, 5.41) is 3.35. The fraction of sp³-hybridized carbons (Fsp3) is 0.600. The topological polar surface area (TPSA) is 50.3 Å². The van der Waals surface area contributed by atoms with Crippen LogP contribution in [-0.4, -0.2) is 55.3 Å². The van der Waals surface area contributed by atoms with E-state index in [9.17, 15) is 0 Å². The highest BCUT2D eigenvalue weighted by Crippen LogP contribution is 2.19. The maximum absolute atomic E-state index is 5.69. The zero-order valence-electron chi connectivity index (χ0n) is 9.91. The summed E-state index contributed by atoms with van der Waals surface area (Å²) in [6.07, 6.45) is 1.62. The molecule has 0 spiro atoms. The molecular weight excluding hydrogens is 307 g/mol. The van der Waals surface area contributed by atoms with Crippen molar-refractivity contribution in [2.75, 3.05) is 45.7 Å². The lowest BCUT2D eigenvalue weighted by Crippen LogP contribution is -2.20. The molecule has 0 aliphatic rings. The van der Waals surface area contributed by atoms with Crippen LogP contribution in [0.1, 0.15) is 0 Å². The Labute approximate surface area is 115 Å². The zero-order chi connectivity index (χ0) is 12.7. The van der Waals surface area contributed by atoms with Gasteiger partial charge in [-0.2, -0.15) is 4.98 Å². The molecule has 0 atom stereocenters. The van der Waals surface area contributed by atoms with Crippen molar-refractivity contribution in [2.45, 2.75) is 0 Å². The van der Waals surface area contributed by atoms with Crippen LogP contribution in [0.3, 0.4) is 0 Å². The molecule has 96 valence electrons. The fourth-order valence-electron chi connectivity index (χ4n) is 1.06. The van der Waals surface area contributed by atoms with Gasteiger partial charge in [0.05, 0.1) is 17.7 Å². The van der Waals surface area contributed by atoms with E-state index in [4.69, 9.17) is 16.3 Å². The molecule has 7 heteroatoms. The Bertz CT molecular complexity index is 351. The lowest BCUT2D eigenvalue weighted by Gasteiger charge is -2.11. The Balaban J connectivity index is 2.20. The highest BCUT2D eigenvalue weighted by molar-refractivity contribution is 9.10. The molecule has 5 nitrogen and oxygen atoms in total. The first-order valence-electron chi connectivity index (χ1n) is 5.24. The number of ether oxygens (including phenoxy) is 1. The smallest absolute Gasteiger partial charge is 0.224 e. The molecular formula is C10H16BrClN4O. The Morgan fingerprint density at radius 3 is 2.94 bits per heavy atom. The zero-order valence-corrected chi connectivity index (χ0v) is 12.3. The van der Waals surface area contributed by atoms with Crippen molar-refractivity contribution >= 4 is 33.3 Å². The number of rotatable bonds is 7. The van der Waals surface area contributed by atoms with Gasteiger partial charge in [0.25, 0.3) is 0 Å². The van der Waals surface area contributed by atoms with Crippen LogP contribution < -0.4 is 5.32 Å². The normalized spacial score (nSPS) is 10.9. The number of aromatic nitrogens is 2. The van der Waals surface area contributed by atoms with Crippen molar-refractivity contribution in [2.24, 2.45) is 0 Å². The summed E-state index contributed by atoms with van der Waals surface area (Å²) in [6, 6.07) is 0. The molecule has 17 heavy (non-hydrogen) atoms. The second kappa shape index (κ2) is 7.81. The standard InChI is InChI=1S/C10H16BrClN4O/c1-16(2)4-6-17-5-3-13-9-8(11)7-14-10(12)15-9/h7H,3-6H2,1-2H3,(H,13,14,15). The summed E-state index contributed by atoms with van der Waals surface area (Å²) in [5.41, 5.74) is 0. The largest absolute Gasteiger partial charge is 0.378 e. The average molecular weight is 324 g/mol. The van der Waals surface area contributed by atoms with E-state index < -0.39 is 0 Å². The van der Waals surface area contributed by atoms with E-state index in [1.165, 1.54) is 0 Å². The number of anilines is 1. The first kappa shape index (κ1) is 14.6. The van der Waals surface area contributed by atoms with Crippen molar-refractivity contribution < 1.29 is 4.74 Å². The van der Waals surface area contributed by atoms with Crippen molar-refractivity contribution in [3.05, 3.63) is 16.0 Å². The van der Waals surface area contributed by atoms with Gasteiger partial charge in [0.15, 0.2) is 0 Å². The molecule has 0 saturated carbocycles. The number of likely N-dealkylation sites (N-methyl/N-ethyl adjacent to an activating group) is 1. The summed E-state index contributed by atoms with van der Waals surface area (Å²) in [5.74, 6) is 0.682. The molecule has 0 aliphatic heterocycles.